The van der Waals surface area contributed by atoms with Gasteiger partial charge in [0, 0.05) is 18.6 Å². The number of aliphatic hydroxyl groups excluding tert-OH is 2. The van der Waals surface area contributed by atoms with E-state index in [-0.39, 0.29) is 23.4 Å². The summed E-state index contributed by atoms with van der Waals surface area (Å²) in [5.74, 6) is 1.96. The van der Waals surface area contributed by atoms with Crippen molar-refractivity contribution < 1.29 is 39.1 Å². The normalized spacial score (nSPS) is 53.6. The highest BCUT2D eigenvalue weighted by molar-refractivity contribution is 5.85. The summed E-state index contributed by atoms with van der Waals surface area (Å²) in [5, 5.41) is 33.3. The number of ether oxygens (including phenoxy) is 4. The van der Waals surface area contributed by atoms with Crippen molar-refractivity contribution in [2.75, 3.05) is 13.7 Å². The summed E-state index contributed by atoms with van der Waals surface area (Å²) in [6, 6.07) is 0. The Morgan fingerprint density at radius 3 is 2.57 bits per heavy atom. The van der Waals surface area contributed by atoms with Crippen LogP contribution in [-0.2, 0) is 23.7 Å². The predicted molar refractivity (Wildman–Crippen MR) is 133 cm³/mol. The van der Waals surface area contributed by atoms with E-state index in [1.54, 1.807) is 13.0 Å². The molecule has 0 unspecified atom stereocenters. The number of carbonyl (C=O) groups excluding carboxylic acids is 1. The van der Waals surface area contributed by atoms with Crippen molar-refractivity contribution >= 4 is 5.97 Å². The van der Waals surface area contributed by atoms with E-state index < -0.39 is 36.3 Å². The molecule has 0 radical (unpaired) electrons. The van der Waals surface area contributed by atoms with Crippen LogP contribution in [0.15, 0.2) is 11.6 Å². The maximum atomic E-state index is 12.3. The lowest BCUT2D eigenvalue weighted by Crippen LogP contribution is -2.60. The molecule has 3 N–H and O–H groups in total. The SMILES string of the molecule is CO[C@H]1[C@H](O)[C@H](O[C@H]2CC[C@H]3[C@H](CC[C@@H]4[C@@H]3CC[C@]3(C)[C@@H](C5=CC(=O)OC5)CC[C@]43O)C2)O[C@@H](C)[C@@H]1O. The predicted octanol–water partition coefficient (Wildman–Crippen LogP) is 2.72. The minimum absolute atomic E-state index is 0.0112. The molecule has 2 aliphatic heterocycles. The Labute approximate surface area is 219 Å². The third-order valence-electron chi connectivity index (χ3n) is 11.6. The van der Waals surface area contributed by atoms with Crippen LogP contribution in [-0.4, -0.2) is 77.4 Å². The molecule has 6 rings (SSSR count). The number of methoxy groups -OCH3 is 1. The van der Waals surface area contributed by atoms with E-state index in [1.807, 2.05) is 0 Å². The molecule has 0 amide bonds. The Bertz CT molecular complexity index is 922. The van der Waals surface area contributed by atoms with Crippen molar-refractivity contribution in [1.82, 2.24) is 0 Å². The number of hydrogen-bond acceptors (Lipinski definition) is 8. The molecule has 0 aromatic heterocycles. The molecule has 208 valence electrons. The van der Waals surface area contributed by atoms with E-state index in [4.69, 9.17) is 18.9 Å². The van der Waals surface area contributed by atoms with Crippen LogP contribution < -0.4 is 0 Å². The van der Waals surface area contributed by atoms with Crippen LogP contribution in [0.25, 0.3) is 0 Å². The van der Waals surface area contributed by atoms with Gasteiger partial charge >= 0.3 is 5.97 Å². The number of rotatable bonds is 4. The topological polar surface area (TPSA) is 115 Å². The van der Waals surface area contributed by atoms with Gasteiger partial charge in [0.25, 0.3) is 0 Å². The maximum Gasteiger partial charge on any atom is 0.331 e. The van der Waals surface area contributed by atoms with Gasteiger partial charge in [0.05, 0.1) is 17.8 Å². The molecule has 0 bridgehead atoms. The summed E-state index contributed by atoms with van der Waals surface area (Å²) in [4.78, 5) is 11.8. The van der Waals surface area contributed by atoms with Gasteiger partial charge in [-0.3, -0.25) is 0 Å². The Morgan fingerprint density at radius 1 is 1.03 bits per heavy atom. The van der Waals surface area contributed by atoms with Crippen molar-refractivity contribution in [1.29, 1.82) is 0 Å². The molecule has 6 aliphatic rings. The van der Waals surface area contributed by atoms with Gasteiger partial charge in [0.2, 0.25) is 0 Å². The molecule has 0 spiro atoms. The van der Waals surface area contributed by atoms with Crippen LogP contribution in [0.3, 0.4) is 0 Å². The van der Waals surface area contributed by atoms with Crippen LogP contribution in [0.2, 0.25) is 0 Å². The lowest BCUT2D eigenvalue weighted by atomic mass is 9.47. The quantitative estimate of drug-likeness (QED) is 0.383. The van der Waals surface area contributed by atoms with Crippen LogP contribution in [0, 0.1) is 35.0 Å². The molecular weight excluding hydrogens is 476 g/mol. The van der Waals surface area contributed by atoms with Crippen molar-refractivity contribution in [3.63, 3.8) is 0 Å². The average molecular weight is 521 g/mol. The summed E-state index contributed by atoms with van der Waals surface area (Å²) >= 11 is 0. The second kappa shape index (κ2) is 9.56. The molecule has 2 heterocycles. The third kappa shape index (κ3) is 4.04. The molecule has 0 aromatic carbocycles. The molecular formula is C29H44O8. The Hall–Kier alpha value is -1.03. The third-order valence-corrected chi connectivity index (χ3v) is 11.6. The van der Waals surface area contributed by atoms with E-state index in [2.05, 4.69) is 6.92 Å². The number of aliphatic hydroxyl groups is 3. The van der Waals surface area contributed by atoms with Gasteiger partial charge in [-0.2, -0.15) is 0 Å². The highest BCUT2D eigenvalue weighted by atomic mass is 16.7. The van der Waals surface area contributed by atoms with Crippen molar-refractivity contribution in [2.24, 2.45) is 35.0 Å². The number of cyclic esters (lactones) is 1. The molecule has 4 aliphatic carbocycles. The first kappa shape index (κ1) is 26.2. The summed E-state index contributed by atoms with van der Waals surface area (Å²) in [6.45, 7) is 4.43. The fourth-order valence-electron chi connectivity index (χ4n) is 9.68. The molecule has 37 heavy (non-hydrogen) atoms. The van der Waals surface area contributed by atoms with Gasteiger partial charge in [-0.15, -0.1) is 0 Å². The monoisotopic (exact) mass is 520 g/mol. The first-order chi connectivity index (χ1) is 17.7. The molecule has 5 fully saturated rings. The second-order valence-corrected chi connectivity index (χ2v) is 13.0. The van der Waals surface area contributed by atoms with E-state index in [1.165, 1.54) is 7.11 Å². The van der Waals surface area contributed by atoms with Crippen molar-refractivity contribution in [2.45, 2.75) is 114 Å². The van der Waals surface area contributed by atoms with Gasteiger partial charge in [-0.25, -0.2) is 4.79 Å². The standard InChI is InChI=1S/C29H44O8/c1-15-24(31)26(34-3)25(32)27(36-15)37-18-5-6-19-16(12-18)4-7-22-20(19)8-10-28(2)21(9-11-29(22,28)33)17-13-23(30)35-14-17/h13,15-16,18-22,24-27,31-33H,4-12,14H2,1-3H3/t15-,16+,18-,19-,20+,21+,22+,24-,25-,26+,27-,28+,29-/m0/s1. The molecule has 1 saturated heterocycles. The minimum atomic E-state index is -1.03. The van der Waals surface area contributed by atoms with Gasteiger partial charge < -0.3 is 34.3 Å². The van der Waals surface area contributed by atoms with Gasteiger partial charge in [-0.1, -0.05) is 6.92 Å². The zero-order valence-electron chi connectivity index (χ0n) is 22.4. The highest BCUT2D eigenvalue weighted by Crippen LogP contribution is 2.67. The summed E-state index contributed by atoms with van der Waals surface area (Å²) in [5.41, 5.74) is 0.199. The lowest BCUT2D eigenvalue weighted by Gasteiger charge is -2.60. The molecule has 8 nitrogen and oxygen atoms in total. The minimum Gasteiger partial charge on any atom is -0.458 e. The lowest BCUT2D eigenvalue weighted by molar-refractivity contribution is -0.311. The van der Waals surface area contributed by atoms with Crippen LogP contribution >= 0.6 is 0 Å². The molecule has 4 saturated carbocycles. The van der Waals surface area contributed by atoms with Gasteiger partial charge in [-0.05, 0) is 99.9 Å². The van der Waals surface area contributed by atoms with Crippen LogP contribution in [0.5, 0.6) is 0 Å². The number of esters is 1. The van der Waals surface area contributed by atoms with Gasteiger partial charge in [0.15, 0.2) is 6.29 Å². The largest absolute Gasteiger partial charge is 0.458 e. The highest BCUT2D eigenvalue weighted by Gasteiger charge is 2.66. The fraction of sp³-hybridized carbons (Fsp3) is 0.897. The number of hydrogen-bond donors (Lipinski definition) is 3. The first-order valence-corrected chi connectivity index (χ1v) is 14.5. The van der Waals surface area contributed by atoms with E-state index in [0.717, 1.165) is 63.4 Å². The van der Waals surface area contributed by atoms with E-state index in [0.29, 0.717) is 30.3 Å². The summed E-state index contributed by atoms with van der Waals surface area (Å²) in [7, 11) is 1.49. The van der Waals surface area contributed by atoms with E-state index >= 15 is 0 Å². The van der Waals surface area contributed by atoms with Crippen LogP contribution in [0.1, 0.15) is 71.6 Å². The zero-order chi connectivity index (χ0) is 26.1. The number of carbonyl (C=O) groups is 1. The summed E-state index contributed by atoms with van der Waals surface area (Å²) in [6.07, 6.45) is 6.68. The molecule has 8 heteroatoms. The van der Waals surface area contributed by atoms with Crippen LogP contribution in [0.4, 0.5) is 0 Å². The Kier molecular flexibility index (Phi) is 6.77. The smallest absolute Gasteiger partial charge is 0.331 e. The maximum absolute atomic E-state index is 12.3. The zero-order valence-corrected chi connectivity index (χ0v) is 22.4. The summed E-state index contributed by atoms with van der Waals surface area (Å²) < 4.78 is 22.7. The Morgan fingerprint density at radius 2 is 1.84 bits per heavy atom. The van der Waals surface area contributed by atoms with Gasteiger partial charge in [0.1, 0.15) is 24.9 Å². The Balaban J connectivity index is 1.12. The van der Waals surface area contributed by atoms with E-state index in [9.17, 15) is 20.1 Å². The van der Waals surface area contributed by atoms with Crippen molar-refractivity contribution in [3.8, 4) is 0 Å². The second-order valence-electron chi connectivity index (χ2n) is 13.0. The average Bonchev–Trinajstić information content (AvgIpc) is 3.42. The first-order valence-electron chi connectivity index (χ1n) is 14.5. The van der Waals surface area contributed by atoms with Crippen molar-refractivity contribution in [3.05, 3.63) is 11.6 Å². The number of fused-ring (bicyclic) bond motifs is 5. The molecule has 0 aromatic rings. The molecule has 13 atom stereocenters. The fourth-order valence-corrected chi connectivity index (χ4v) is 9.68.